The van der Waals surface area contributed by atoms with Crippen LogP contribution >= 0.6 is 0 Å². The second-order valence-corrected chi connectivity index (χ2v) is 6.29. The Balaban J connectivity index is 1.91. The first kappa shape index (κ1) is 13.0. The predicted molar refractivity (Wildman–Crippen MR) is 81.4 cm³/mol. The van der Waals surface area contributed by atoms with E-state index in [1.54, 1.807) is 0 Å². The van der Waals surface area contributed by atoms with Gasteiger partial charge in [-0.2, -0.15) is 0 Å². The average molecular weight is 258 g/mol. The molecule has 0 spiro atoms. The fourth-order valence-electron chi connectivity index (χ4n) is 4.06. The topological polar surface area (TPSA) is 29.3 Å². The third kappa shape index (κ3) is 2.51. The minimum Gasteiger partial charge on any atom is -0.368 e. The van der Waals surface area contributed by atoms with Crippen molar-refractivity contribution in [3.8, 4) is 0 Å². The van der Waals surface area contributed by atoms with Crippen molar-refractivity contribution in [3.63, 3.8) is 0 Å². The van der Waals surface area contributed by atoms with Gasteiger partial charge in [0.1, 0.15) is 0 Å². The molecule has 1 saturated heterocycles. The van der Waals surface area contributed by atoms with Gasteiger partial charge in [0, 0.05) is 24.3 Å². The van der Waals surface area contributed by atoms with E-state index in [-0.39, 0.29) is 6.04 Å². The van der Waals surface area contributed by atoms with Crippen LogP contribution in [-0.2, 0) is 0 Å². The number of fused-ring (bicyclic) bond motifs is 1. The van der Waals surface area contributed by atoms with Gasteiger partial charge in [0.25, 0.3) is 0 Å². The number of anilines is 1. The van der Waals surface area contributed by atoms with Crippen LogP contribution in [0, 0.1) is 5.92 Å². The normalized spacial score (nSPS) is 28.8. The number of benzene rings is 1. The van der Waals surface area contributed by atoms with Crippen LogP contribution in [-0.4, -0.2) is 12.6 Å². The third-order valence-electron chi connectivity index (χ3n) is 4.98. The Morgan fingerprint density at radius 3 is 2.68 bits per heavy atom. The monoisotopic (exact) mass is 258 g/mol. The molecule has 19 heavy (non-hydrogen) atoms. The van der Waals surface area contributed by atoms with E-state index in [0.29, 0.717) is 0 Å². The number of rotatable bonds is 2. The first-order valence-electron chi connectivity index (χ1n) is 7.88. The molecule has 1 heterocycles. The fraction of sp³-hybridized carbons (Fsp3) is 0.647. The summed E-state index contributed by atoms with van der Waals surface area (Å²) in [6.45, 7) is 3.31. The Morgan fingerprint density at radius 2 is 1.84 bits per heavy atom. The minimum atomic E-state index is 0.125. The summed E-state index contributed by atoms with van der Waals surface area (Å²) >= 11 is 0. The SMILES string of the molecule is C[C@H](N)c1ccccc1N1CCCC2CCCCC21. The Kier molecular flexibility index (Phi) is 3.79. The maximum absolute atomic E-state index is 6.16. The van der Waals surface area contributed by atoms with Crippen LogP contribution in [0.25, 0.3) is 0 Å². The molecule has 1 aliphatic heterocycles. The Bertz CT molecular complexity index is 425. The molecule has 2 aliphatic rings. The average Bonchev–Trinajstić information content (AvgIpc) is 2.46. The van der Waals surface area contributed by atoms with Crippen LogP contribution in [0.2, 0.25) is 0 Å². The second kappa shape index (κ2) is 5.54. The quantitative estimate of drug-likeness (QED) is 0.872. The molecule has 2 fully saturated rings. The van der Waals surface area contributed by atoms with E-state index in [0.717, 1.165) is 12.0 Å². The van der Waals surface area contributed by atoms with Gasteiger partial charge < -0.3 is 10.6 Å². The molecule has 2 unspecified atom stereocenters. The lowest BCUT2D eigenvalue weighted by Crippen LogP contribution is -2.47. The summed E-state index contributed by atoms with van der Waals surface area (Å²) < 4.78 is 0. The Labute approximate surface area is 117 Å². The molecule has 0 bridgehead atoms. The lowest BCUT2D eigenvalue weighted by atomic mass is 9.78. The largest absolute Gasteiger partial charge is 0.368 e. The summed E-state index contributed by atoms with van der Waals surface area (Å²) in [6.07, 6.45) is 8.41. The third-order valence-corrected chi connectivity index (χ3v) is 4.98. The predicted octanol–water partition coefficient (Wildman–Crippen LogP) is 3.87. The van der Waals surface area contributed by atoms with E-state index in [1.807, 2.05) is 0 Å². The highest BCUT2D eigenvalue weighted by molar-refractivity contribution is 5.56. The number of hydrogen-bond donors (Lipinski definition) is 1. The summed E-state index contributed by atoms with van der Waals surface area (Å²) in [4.78, 5) is 2.67. The number of nitrogens with zero attached hydrogens (tertiary/aromatic N) is 1. The highest BCUT2D eigenvalue weighted by Gasteiger charge is 2.34. The molecule has 2 heteroatoms. The minimum absolute atomic E-state index is 0.125. The van der Waals surface area contributed by atoms with E-state index >= 15 is 0 Å². The summed E-state index contributed by atoms with van der Waals surface area (Å²) in [7, 11) is 0. The van der Waals surface area contributed by atoms with Gasteiger partial charge in [0.05, 0.1) is 0 Å². The van der Waals surface area contributed by atoms with Crippen molar-refractivity contribution in [1.82, 2.24) is 0 Å². The molecule has 1 saturated carbocycles. The zero-order valence-electron chi connectivity index (χ0n) is 12.0. The Morgan fingerprint density at radius 1 is 1.11 bits per heavy atom. The smallest absolute Gasteiger partial charge is 0.0417 e. The summed E-state index contributed by atoms with van der Waals surface area (Å²) in [5.41, 5.74) is 8.87. The van der Waals surface area contributed by atoms with Gasteiger partial charge in [0.15, 0.2) is 0 Å². The molecular weight excluding hydrogens is 232 g/mol. The Hall–Kier alpha value is -1.02. The maximum Gasteiger partial charge on any atom is 0.0417 e. The van der Waals surface area contributed by atoms with Crippen LogP contribution in [0.3, 0.4) is 0 Å². The van der Waals surface area contributed by atoms with E-state index in [2.05, 4.69) is 36.1 Å². The molecule has 0 amide bonds. The van der Waals surface area contributed by atoms with Crippen molar-refractivity contribution in [1.29, 1.82) is 0 Å². The van der Waals surface area contributed by atoms with E-state index in [1.165, 1.54) is 56.3 Å². The summed E-state index contributed by atoms with van der Waals surface area (Å²) in [6, 6.07) is 9.64. The molecule has 1 aromatic carbocycles. The highest BCUT2D eigenvalue weighted by atomic mass is 15.2. The molecule has 104 valence electrons. The molecule has 3 rings (SSSR count). The van der Waals surface area contributed by atoms with Gasteiger partial charge in [-0.05, 0) is 50.2 Å². The molecule has 0 radical (unpaired) electrons. The highest BCUT2D eigenvalue weighted by Crippen LogP contribution is 2.39. The molecular formula is C17H26N2. The zero-order valence-corrected chi connectivity index (χ0v) is 12.0. The lowest BCUT2D eigenvalue weighted by Gasteiger charge is -2.46. The maximum atomic E-state index is 6.16. The molecule has 3 atom stereocenters. The number of hydrogen-bond acceptors (Lipinski definition) is 2. The van der Waals surface area contributed by atoms with Crippen LogP contribution in [0.15, 0.2) is 24.3 Å². The first-order chi connectivity index (χ1) is 9.27. The second-order valence-electron chi connectivity index (χ2n) is 6.29. The van der Waals surface area contributed by atoms with E-state index in [9.17, 15) is 0 Å². The molecule has 2 nitrogen and oxygen atoms in total. The zero-order chi connectivity index (χ0) is 13.2. The van der Waals surface area contributed by atoms with Gasteiger partial charge in [0.2, 0.25) is 0 Å². The first-order valence-corrected chi connectivity index (χ1v) is 7.88. The fourth-order valence-corrected chi connectivity index (χ4v) is 4.06. The number of para-hydroxylation sites is 1. The van der Waals surface area contributed by atoms with Crippen molar-refractivity contribution in [3.05, 3.63) is 29.8 Å². The van der Waals surface area contributed by atoms with Gasteiger partial charge in [-0.25, -0.2) is 0 Å². The van der Waals surface area contributed by atoms with Crippen molar-refractivity contribution in [2.45, 2.75) is 57.5 Å². The number of piperidine rings is 1. The van der Waals surface area contributed by atoms with Gasteiger partial charge in [-0.1, -0.05) is 31.0 Å². The molecule has 1 aliphatic carbocycles. The molecule has 2 N–H and O–H groups in total. The van der Waals surface area contributed by atoms with Crippen molar-refractivity contribution >= 4 is 5.69 Å². The van der Waals surface area contributed by atoms with Crippen LogP contribution in [0.4, 0.5) is 5.69 Å². The van der Waals surface area contributed by atoms with E-state index < -0.39 is 0 Å². The van der Waals surface area contributed by atoms with Crippen molar-refractivity contribution < 1.29 is 0 Å². The van der Waals surface area contributed by atoms with Gasteiger partial charge in [-0.3, -0.25) is 0 Å². The summed E-state index contributed by atoms with van der Waals surface area (Å²) in [5, 5.41) is 0. The van der Waals surface area contributed by atoms with Gasteiger partial charge in [-0.15, -0.1) is 0 Å². The lowest BCUT2D eigenvalue weighted by molar-refractivity contribution is 0.243. The number of nitrogens with two attached hydrogens (primary N) is 1. The van der Waals surface area contributed by atoms with E-state index in [4.69, 9.17) is 5.73 Å². The molecule has 0 aromatic heterocycles. The standard InChI is InChI=1S/C17H26N2/c1-13(18)15-9-3-5-11-17(15)19-12-6-8-14-7-2-4-10-16(14)19/h3,5,9,11,13-14,16H,2,4,6-8,10,12,18H2,1H3/t13-,14?,16?/m0/s1. The summed E-state index contributed by atoms with van der Waals surface area (Å²) in [5.74, 6) is 0.920. The van der Waals surface area contributed by atoms with Crippen LogP contribution in [0.1, 0.15) is 57.1 Å². The van der Waals surface area contributed by atoms with Crippen LogP contribution < -0.4 is 10.6 Å². The van der Waals surface area contributed by atoms with Gasteiger partial charge >= 0.3 is 0 Å². The molecule has 1 aromatic rings. The van der Waals surface area contributed by atoms with Crippen molar-refractivity contribution in [2.75, 3.05) is 11.4 Å². The van der Waals surface area contributed by atoms with Crippen molar-refractivity contribution in [2.24, 2.45) is 11.7 Å². The van der Waals surface area contributed by atoms with Crippen LogP contribution in [0.5, 0.6) is 0 Å².